The molecule has 7 heteroatoms. The zero-order chi connectivity index (χ0) is 21.0. The maximum absolute atomic E-state index is 12.0. The molecule has 4 atom stereocenters. The van der Waals surface area contributed by atoms with Crippen molar-refractivity contribution in [3.63, 3.8) is 0 Å². The molecule has 28 heavy (non-hydrogen) atoms. The summed E-state index contributed by atoms with van der Waals surface area (Å²) in [5.74, 6) is -2.66. The van der Waals surface area contributed by atoms with Gasteiger partial charge in [0.1, 0.15) is 18.8 Å². The van der Waals surface area contributed by atoms with E-state index in [1.807, 2.05) is 13.0 Å². The fourth-order valence-electron chi connectivity index (χ4n) is 3.30. The number of aliphatic hydroxyl groups excluding tert-OH is 1. The Balaban J connectivity index is 2.40. The molecule has 1 fully saturated rings. The predicted molar refractivity (Wildman–Crippen MR) is 101 cm³/mol. The van der Waals surface area contributed by atoms with Crippen molar-refractivity contribution in [1.82, 2.24) is 0 Å². The molecule has 1 N–H and O–H groups in total. The van der Waals surface area contributed by atoms with Crippen molar-refractivity contribution in [2.24, 2.45) is 11.8 Å². The zero-order valence-corrected chi connectivity index (χ0v) is 16.8. The second-order valence-corrected chi connectivity index (χ2v) is 7.53. The number of allylic oxidation sites excluding steroid dienone is 2. The van der Waals surface area contributed by atoms with Gasteiger partial charge in [0.2, 0.25) is 0 Å². The van der Waals surface area contributed by atoms with E-state index in [1.165, 1.54) is 6.92 Å². The van der Waals surface area contributed by atoms with Crippen LogP contribution in [-0.4, -0.2) is 47.9 Å². The van der Waals surface area contributed by atoms with Gasteiger partial charge in [-0.2, -0.15) is 0 Å². The molecule has 2 aliphatic rings. The summed E-state index contributed by atoms with van der Waals surface area (Å²) in [6.07, 6.45) is 1.83. The summed E-state index contributed by atoms with van der Waals surface area (Å²) in [4.78, 5) is 35.6. The summed E-state index contributed by atoms with van der Waals surface area (Å²) < 4.78 is 16.0. The molecule has 7 nitrogen and oxygen atoms in total. The van der Waals surface area contributed by atoms with Crippen LogP contribution in [0.5, 0.6) is 0 Å². The van der Waals surface area contributed by atoms with Crippen molar-refractivity contribution in [3.8, 4) is 0 Å². The number of fused-ring (bicyclic) bond motifs is 1. The number of hydrogen-bond donors (Lipinski definition) is 1. The van der Waals surface area contributed by atoms with Gasteiger partial charge in [-0.15, -0.1) is 0 Å². The lowest BCUT2D eigenvalue weighted by molar-refractivity contribution is -0.154. The third-order valence-corrected chi connectivity index (χ3v) is 4.84. The Morgan fingerprint density at radius 3 is 2.68 bits per heavy atom. The van der Waals surface area contributed by atoms with E-state index in [2.05, 4.69) is 6.58 Å². The Morgan fingerprint density at radius 1 is 1.39 bits per heavy atom. The number of carbonyl (C=O) groups excluding carboxylic acids is 3. The molecule has 0 radical (unpaired) electrons. The maximum atomic E-state index is 12.0. The first-order chi connectivity index (χ1) is 13.1. The first-order valence-electron chi connectivity index (χ1n) is 9.39. The lowest BCUT2D eigenvalue weighted by atomic mass is 9.84. The van der Waals surface area contributed by atoms with Crippen LogP contribution in [0, 0.1) is 11.8 Å². The van der Waals surface area contributed by atoms with Gasteiger partial charge in [-0.3, -0.25) is 9.59 Å². The Kier molecular flexibility index (Phi) is 7.18. The summed E-state index contributed by atoms with van der Waals surface area (Å²) in [5.41, 5.74) is 1.58. The largest absolute Gasteiger partial charge is 0.461 e. The van der Waals surface area contributed by atoms with Crippen LogP contribution in [-0.2, 0) is 28.6 Å². The summed E-state index contributed by atoms with van der Waals surface area (Å²) in [5, 5.41) is 11.0. The second-order valence-electron chi connectivity index (χ2n) is 7.53. The topological polar surface area (TPSA) is 99.1 Å². The van der Waals surface area contributed by atoms with E-state index in [-0.39, 0.29) is 18.1 Å². The monoisotopic (exact) mass is 392 g/mol. The average molecular weight is 392 g/mol. The van der Waals surface area contributed by atoms with Crippen molar-refractivity contribution in [3.05, 3.63) is 35.5 Å². The van der Waals surface area contributed by atoms with Gasteiger partial charge >= 0.3 is 17.9 Å². The predicted octanol–water partition coefficient (Wildman–Crippen LogP) is 2.24. The molecular weight excluding hydrogens is 364 g/mol. The molecule has 154 valence electrons. The zero-order valence-electron chi connectivity index (χ0n) is 16.8. The maximum Gasteiger partial charge on any atom is 0.334 e. The normalized spacial score (nSPS) is 31.8. The van der Waals surface area contributed by atoms with Gasteiger partial charge in [0.25, 0.3) is 0 Å². The van der Waals surface area contributed by atoms with Crippen LogP contribution >= 0.6 is 0 Å². The van der Waals surface area contributed by atoms with Crippen LogP contribution in [0.15, 0.2) is 35.5 Å². The summed E-state index contributed by atoms with van der Waals surface area (Å²) in [7, 11) is 0. The van der Waals surface area contributed by atoms with Crippen LogP contribution in [0.3, 0.4) is 0 Å². The van der Waals surface area contributed by atoms with E-state index in [0.717, 1.165) is 5.57 Å². The highest BCUT2D eigenvalue weighted by molar-refractivity contribution is 5.91. The molecule has 1 heterocycles. The summed E-state index contributed by atoms with van der Waals surface area (Å²) in [6, 6.07) is 0. The average Bonchev–Trinajstić information content (AvgIpc) is 2.88. The minimum Gasteiger partial charge on any atom is -0.461 e. The Morgan fingerprint density at radius 2 is 2.07 bits per heavy atom. The highest BCUT2D eigenvalue weighted by Crippen LogP contribution is 2.35. The Bertz CT molecular complexity index is 716. The second kappa shape index (κ2) is 9.19. The van der Waals surface area contributed by atoms with Gasteiger partial charge in [-0.05, 0) is 25.8 Å². The molecule has 0 amide bonds. The molecule has 0 spiro atoms. The highest BCUT2D eigenvalue weighted by Gasteiger charge is 2.46. The fourth-order valence-corrected chi connectivity index (χ4v) is 3.30. The summed E-state index contributed by atoms with van der Waals surface area (Å²) >= 11 is 0. The van der Waals surface area contributed by atoms with Gasteiger partial charge in [0.15, 0.2) is 6.10 Å². The van der Waals surface area contributed by atoms with Gasteiger partial charge in [0.05, 0.1) is 11.8 Å². The third kappa shape index (κ3) is 5.10. The molecule has 1 saturated heterocycles. The van der Waals surface area contributed by atoms with Gasteiger partial charge in [0, 0.05) is 18.1 Å². The number of hydrogen-bond acceptors (Lipinski definition) is 7. The molecule has 0 aromatic carbocycles. The minimum atomic E-state index is -1.28. The van der Waals surface area contributed by atoms with Gasteiger partial charge in [-0.25, -0.2) is 4.79 Å². The number of aliphatic hydroxyl groups is 1. The number of rotatable bonds is 4. The van der Waals surface area contributed by atoms with Crippen molar-refractivity contribution in [2.45, 2.75) is 58.8 Å². The van der Waals surface area contributed by atoms with E-state index in [1.54, 1.807) is 19.9 Å². The standard InChI is InChI=1S/C21H28O7/c1-11(2)20(24)26-10-15-8-6-7-12(3)9-16-17(13(4)21(25)28-16)18(23)19(15)27-14(5)22/h8-9,11,16-19,23H,4,6-7,10H2,1-3,5H3/b12-9-,15-8-/t16-,17+,18+,19-/m1/s1. The molecule has 0 aromatic heterocycles. The van der Waals surface area contributed by atoms with Gasteiger partial charge in [-0.1, -0.05) is 32.1 Å². The SMILES string of the molecule is C=C1C(=O)O[C@@H]2/C=C(/C)CC/C=C(/COC(=O)C(C)C)[C@@H](OC(C)=O)[C@@H](O)[C@@H]12. The van der Waals surface area contributed by atoms with Crippen molar-refractivity contribution >= 4 is 17.9 Å². The Hall–Kier alpha value is -2.41. The molecule has 2 rings (SSSR count). The Labute approximate surface area is 165 Å². The third-order valence-electron chi connectivity index (χ3n) is 4.84. The molecule has 0 aromatic rings. The number of carbonyl (C=O) groups is 3. The van der Waals surface area contributed by atoms with E-state index >= 15 is 0 Å². The van der Waals surface area contributed by atoms with Crippen LogP contribution in [0.2, 0.25) is 0 Å². The molecule has 0 unspecified atom stereocenters. The molecule has 1 aliphatic heterocycles. The van der Waals surface area contributed by atoms with E-state index < -0.39 is 42.1 Å². The van der Waals surface area contributed by atoms with Crippen LogP contribution < -0.4 is 0 Å². The lowest BCUT2D eigenvalue weighted by Gasteiger charge is -2.31. The highest BCUT2D eigenvalue weighted by atomic mass is 16.6. The van der Waals surface area contributed by atoms with Crippen LogP contribution in [0.1, 0.15) is 40.5 Å². The van der Waals surface area contributed by atoms with Crippen molar-refractivity contribution in [1.29, 1.82) is 0 Å². The summed E-state index contributed by atoms with van der Waals surface area (Å²) in [6.45, 7) is 10.2. The first kappa shape index (κ1) is 21.9. The quantitative estimate of drug-likeness (QED) is 0.339. The van der Waals surface area contributed by atoms with E-state index in [4.69, 9.17) is 14.2 Å². The van der Waals surface area contributed by atoms with Crippen LogP contribution in [0.4, 0.5) is 0 Å². The minimum absolute atomic E-state index is 0.118. The number of esters is 3. The van der Waals surface area contributed by atoms with Crippen molar-refractivity contribution < 1.29 is 33.7 Å². The molecule has 1 aliphatic carbocycles. The van der Waals surface area contributed by atoms with E-state index in [0.29, 0.717) is 18.4 Å². The first-order valence-corrected chi connectivity index (χ1v) is 9.39. The fraction of sp³-hybridized carbons (Fsp3) is 0.571. The van der Waals surface area contributed by atoms with Crippen molar-refractivity contribution in [2.75, 3.05) is 6.61 Å². The molecule has 0 saturated carbocycles. The van der Waals surface area contributed by atoms with E-state index in [9.17, 15) is 19.5 Å². The number of ether oxygens (including phenoxy) is 3. The van der Waals surface area contributed by atoms with Crippen LogP contribution in [0.25, 0.3) is 0 Å². The van der Waals surface area contributed by atoms with Gasteiger partial charge < -0.3 is 19.3 Å². The lowest BCUT2D eigenvalue weighted by Crippen LogP contribution is -2.42. The molecule has 0 bridgehead atoms. The smallest absolute Gasteiger partial charge is 0.334 e. The molecular formula is C21H28O7.